The van der Waals surface area contributed by atoms with E-state index in [1.807, 2.05) is 69.3 Å². The Kier molecular flexibility index (Phi) is 4.07. The number of rotatable bonds is 3. The maximum atomic E-state index is 12.8. The van der Waals surface area contributed by atoms with Crippen molar-refractivity contribution in [3.8, 4) is 5.75 Å². The average Bonchev–Trinajstić information content (AvgIpc) is 2.97. The van der Waals surface area contributed by atoms with Crippen molar-refractivity contribution in [1.82, 2.24) is 0 Å². The lowest BCUT2D eigenvalue weighted by atomic mass is 9.75. The van der Waals surface area contributed by atoms with Gasteiger partial charge in [-0.2, -0.15) is 0 Å². The summed E-state index contributed by atoms with van der Waals surface area (Å²) >= 11 is 0. The molecule has 2 aromatic rings. The van der Waals surface area contributed by atoms with Crippen molar-refractivity contribution < 1.29 is 14.3 Å². The zero-order chi connectivity index (χ0) is 20.1. The Morgan fingerprint density at radius 2 is 1.82 bits per heavy atom. The molecule has 144 valence electrons. The summed E-state index contributed by atoms with van der Waals surface area (Å²) < 4.78 is 5.24. The third kappa shape index (κ3) is 2.61. The molecule has 2 aliphatic rings. The van der Waals surface area contributed by atoms with Crippen LogP contribution < -0.4 is 15.0 Å². The summed E-state index contributed by atoms with van der Waals surface area (Å²) in [5, 5.41) is 3.39. The predicted octanol–water partition coefficient (Wildman–Crippen LogP) is 4.25. The number of carbonyl (C=O) groups is 2. The van der Waals surface area contributed by atoms with Crippen LogP contribution >= 0.6 is 0 Å². The van der Waals surface area contributed by atoms with Gasteiger partial charge in [0.1, 0.15) is 11.3 Å². The highest BCUT2D eigenvalue weighted by Gasteiger charge is 2.59. The molecule has 28 heavy (non-hydrogen) atoms. The monoisotopic (exact) mass is 376 g/mol. The lowest BCUT2D eigenvalue weighted by molar-refractivity contribution is -0.127. The zero-order valence-electron chi connectivity index (χ0n) is 16.6. The van der Waals surface area contributed by atoms with Gasteiger partial charge in [0.05, 0.1) is 19.2 Å². The zero-order valence-corrected chi connectivity index (χ0v) is 16.6. The van der Waals surface area contributed by atoms with Crippen LogP contribution in [0.3, 0.4) is 0 Å². The van der Waals surface area contributed by atoms with Gasteiger partial charge >= 0.3 is 0 Å². The molecule has 0 aromatic heterocycles. The molecule has 1 atom stereocenters. The Balaban J connectivity index is 1.85. The minimum Gasteiger partial charge on any atom is -0.497 e. The molecule has 5 heteroatoms. The second kappa shape index (κ2) is 6.23. The molecule has 5 nitrogen and oxygen atoms in total. The Morgan fingerprint density at radius 1 is 1.14 bits per heavy atom. The van der Waals surface area contributed by atoms with Gasteiger partial charge in [-0.3, -0.25) is 14.5 Å². The Hall–Kier alpha value is -3.08. The fourth-order valence-corrected chi connectivity index (χ4v) is 3.88. The molecule has 2 aliphatic heterocycles. The van der Waals surface area contributed by atoms with Crippen LogP contribution in [0.2, 0.25) is 0 Å². The second-order valence-corrected chi connectivity index (χ2v) is 8.31. The summed E-state index contributed by atoms with van der Waals surface area (Å²) in [7, 11) is 1.61. The molecule has 2 aromatic carbocycles. The number of anilines is 2. The van der Waals surface area contributed by atoms with Crippen molar-refractivity contribution in [1.29, 1.82) is 0 Å². The summed E-state index contributed by atoms with van der Waals surface area (Å²) in [6.45, 7) is 5.69. The maximum absolute atomic E-state index is 12.8. The van der Waals surface area contributed by atoms with E-state index in [0.717, 1.165) is 28.4 Å². The number of ketones is 1. The van der Waals surface area contributed by atoms with Gasteiger partial charge in [-0.05, 0) is 30.3 Å². The van der Waals surface area contributed by atoms with Crippen LogP contribution in [-0.4, -0.2) is 18.8 Å². The Morgan fingerprint density at radius 3 is 2.43 bits per heavy atom. The van der Waals surface area contributed by atoms with E-state index in [-0.39, 0.29) is 11.7 Å². The molecular formula is C23H24N2O3. The summed E-state index contributed by atoms with van der Waals surface area (Å²) in [5.41, 5.74) is 2.31. The third-order valence-electron chi connectivity index (χ3n) is 5.47. The van der Waals surface area contributed by atoms with E-state index in [1.165, 1.54) is 0 Å². The van der Waals surface area contributed by atoms with Gasteiger partial charge in [-0.25, -0.2) is 0 Å². The number of hydrogen-bond acceptors (Lipinski definition) is 4. The summed E-state index contributed by atoms with van der Waals surface area (Å²) in [5.74, 6) is 0.781. The molecule has 0 bridgehead atoms. The van der Waals surface area contributed by atoms with Crippen LogP contribution in [0.15, 0.2) is 60.3 Å². The molecule has 1 spiro atoms. The first-order chi connectivity index (χ1) is 13.3. The van der Waals surface area contributed by atoms with Crippen LogP contribution in [-0.2, 0) is 15.1 Å². The number of amides is 1. The summed E-state index contributed by atoms with van der Waals surface area (Å²) in [6.07, 6.45) is 2.00. The van der Waals surface area contributed by atoms with Crippen molar-refractivity contribution in [3.05, 3.63) is 65.9 Å². The van der Waals surface area contributed by atoms with Crippen molar-refractivity contribution in [3.63, 3.8) is 0 Å². The normalized spacial score (nSPS) is 22.1. The van der Waals surface area contributed by atoms with Crippen molar-refractivity contribution in [2.24, 2.45) is 5.41 Å². The van der Waals surface area contributed by atoms with E-state index in [2.05, 4.69) is 5.32 Å². The number of nitrogens with zero attached hydrogens (tertiary/aromatic N) is 1. The number of benzene rings is 2. The molecule has 0 aliphatic carbocycles. The summed E-state index contributed by atoms with van der Waals surface area (Å²) in [4.78, 5) is 27.3. The largest absolute Gasteiger partial charge is 0.497 e. The topological polar surface area (TPSA) is 58.6 Å². The summed E-state index contributed by atoms with van der Waals surface area (Å²) in [6, 6.07) is 15.4. The minimum atomic E-state index is -0.677. The van der Waals surface area contributed by atoms with Gasteiger partial charge in [0.25, 0.3) is 0 Å². The fourth-order valence-electron chi connectivity index (χ4n) is 3.88. The fraction of sp³-hybridized carbons (Fsp3) is 0.304. The van der Waals surface area contributed by atoms with E-state index in [1.54, 1.807) is 18.1 Å². The molecule has 1 unspecified atom stereocenters. The van der Waals surface area contributed by atoms with Gasteiger partial charge in [-0.15, -0.1) is 0 Å². The molecule has 0 radical (unpaired) electrons. The van der Waals surface area contributed by atoms with Crippen molar-refractivity contribution in [2.75, 3.05) is 17.3 Å². The first-order valence-electron chi connectivity index (χ1n) is 9.37. The average molecular weight is 376 g/mol. The number of carbonyl (C=O) groups excluding carboxylic acids is 2. The lowest BCUT2D eigenvalue weighted by Crippen LogP contribution is -2.62. The SMILES string of the molecule is COc1ccc(N2C(=O)CC23/C(=C/C(=O)C(C)(C)C)Nc2ccccc23)cc1. The van der Waals surface area contributed by atoms with Crippen LogP contribution in [0.4, 0.5) is 11.4 Å². The highest BCUT2D eigenvalue weighted by atomic mass is 16.5. The van der Waals surface area contributed by atoms with E-state index >= 15 is 0 Å². The lowest BCUT2D eigenvalue weighted by Gasteiger charge is -2.50. The van der Waals surface area contributed by atoms with Crippen LogP contribution in [0, 0.1) is 5.41 Å². The first-order valence-corrected chi connectivity index (χ1v) is 9.37. The standard InChI is InChI=1S/C23H24N2O3/c1-22(2,3)20(26)13-19-23(17-7-5-6-8-18(17)24-19)14-21(27)25(23)15-9-11-16(28-4)12-10-15/h5-13,24H,14H2,1-4H3/b19-13-. The highest BCUT2D eigenvalue weighted by Crippen LogP contribution is 2.55. The Bertz CT molecular complexity index is 986. The van der Waals surface area contributed by atoms with Gasteiger partial charge in [0.2, 0.25) is 5.91 Å². The number of fused-ring (bicyclic) bond motifs is 2. The number of β-lactam (4-membered cyclic amide) rings is 1. The van der Waals surface area contributed by atoms with Gasteiger partial charge < -0.3 is 10.1 Å². The molecule has 0 saturated carbocycles. The van der Waals surface area contributed by atoms with Gasteiger partial charge in [0.15, 0.2) is 5.78 Å². The van der Waals surface area contributed by atoms with Crippen LogP contribution in [0.25, 0.3) is 0 Å². The molecule has 4 rings (SSSR count). The van der Waals surface area contributed by atoms with Crippen LogP contribution in [0.5, 0.6) is 5.75 Å². The third-order valence-corrected chi connectivity index (χ3v) is 5.47. The first kappa shape index (κ1) is 18.3. The molecule has 1 fully saturated rings. The van der Waals surface area contributed by atoms with Gasteiger partial charge in [0, 0.05) is 28.4 Å². The number of nitrogens with one attached hydrogen (secondary N) is 1. The van der Waals surface area contributed by atoms with Gasteiger partial charge in [-0.1, -0.05) is 39.0 Å². The number of allylic oxidation sites excluding steroid dienone is 1. The number of hydrogen-bond donors (Lipinski definition) is 1. The quantitative estimate of drug-likeness (QED) is 0.643. The highest BCUT2D eigenvalue weighted by molar-refractivity contribution is 6.08. The second-order valence-electron chi connectivity index (χ2n) is 8.31. The number of para-hydroxylation sites is 1. The number of ether oxygens (including phenoxy) is 1. The molecule has 1 amide bonds. The molecule has 1 saturated heterocycles. The molecular weight excluding hydrogens is 352 g/mol. The Labute approximate surface area is 165 Å². The van der Waals surface area contributed by atoms with E-state index < -0.39 is 11.0 Å². The maximum Gasteiger partial charge on any atom is 0.231 e. The van der Waals surface area contributed by atoms with Crippen LogP contribution in [0.1, 0.15) is 32.8 Å². The van der Waals surface area contributed by atoms with Crippen molar-refractivity contribution >= 4 is 23.1 Å². The van der Waals surface area contributed by atoms with E-state index in [0.29, 0.717) is 6.42 Å². The number of methoxy groups -OCH3 is 1. The van der Waals surface area contributed by atoms with E-state index in [4.69, 9.17) is 4.74 Å². The molecule has 1 N–H and O–H groups in total. The minimum absolute atomic E-state index is 0.0243. The molecule has 2 heterocycles. The predicted molar refractivity (Wildman–Crippen MR) is 109 cm³/mol. The van der Waals surface area contributed by atoms with Crippen molar-refractivity contribution in [2.45, 2.75) is 32.7 Å². The van der Waals surface area contributed by atoms with E-state index in [9.17, 15) is 9.59 Å². The smallest absolute Gasteiger partial charge is 0.231 e.